The molecule has 1 saturated heterocycles. The first-order valence-electron chi connectivity index (χ1n) is 8.67. The number of sulfonamides is 1. The molecule has 0 atom stereocenters. The maximum absolute atomic E-state index is 12.8. The fraction of sp³-hybridized carbons (Fsp3) is 0.389. The molecule has 1 aromatic heterocycles. The number of nitrogens with zero attached hydrogens (tertiary/aromatic N) is 2. The van der Waals surface area contributed by atoms with E-state index < -0.39 is 10.0 Å². The van der Waals surface area contributed by atoms with Crippen LogP contribution in [0.1, 0.15) is 35.4 Å². The first kappa shape index (κ1) is 17.6. The van der Waals surface area contributed by atoms with Crippen LogP contribution < -0.4 is 4.90 Å². The first-order valence-corrected chi connectivity index (χ1v) is 10.5. The zero-order chi connectivity index (χ0) is 18.3. The van der Waals surface area contributed by atoms with E-state index in [0.717, 1.165) is 36.9 Å². The molecule has 2 aliphatic rings. The molecule has 0 bridgehead atoms. The maximum Gasteiger partial charge on any atom is 0.294 e. The number of rotatable bonds is 3. The number of benzene rings is 1. The lowest BCUT2D eigenvalue weighted by molar-refractivity contribution is 0.0958. The van der Waals surface area contributed by atoms with Gasteiger partial charge in [0.15, 0.2) is 11.0 Å². The SMILES string of the molecule is O=C(c1ccc(Cl)o1)N1CCCc2cc(S(=O)(=O)N3CCCC3)ccc21. The van der Waals surface area contributed by atoms with E-state index in [1.165, 1.54) is 10.4 Å². The van der Waals surface area contributed by atoms with E-state index in [0.29, 0.717) is 24.5 Å². The molecule has 6 nitrogen and oxygen atoms in total. The van der Waals surface area contributed by atoms with Crippen molar-refractivity contribution < 1.29 is 17.6 Å². The topological polar surface area (TPSA) is 70.8 Å². The smallest absolute Gasteiger partial charge is 0.294 e. The van der Waals surface area contributed by atoms with Gasteiger partial charge in [0.1, 0.15) is 0 Å². The van der Waals surface area contributed by atoms with Gasteiger partial charge in [-0.3, -0.25) is 4.79 Å². The van der Waals surface area contributed by atoms with Crippen molar-refractivity contribution in [1.82, 2.24) is 4.31 Å². The van der Waals surface area contributed by atoms with Crippen LogP contribution >= 0.6 is 11.6 Å². The van der Waals surface area contributed by atoms with Gasteiger partial charge in [-0.1, -0.05) is 0 Å². The van der Waals surface area contributed by atoms with Crippen molar-refractivity contribution in [2.24, 2.45) is 0 Å². The first-order chi connectivity index (χ1) is 12.5. The van der Waals surface area contributed by atoms with Crippen LogP contribution in [0, 0.1) is 0 Å². The Kier molecular flexibility index (Phi) is 4.54. The Morgan fingerprint density at radius 2 is 1.81 bits per heavy atom. The number of furan rings is 1. The van der Waals surface area contributed by atoms with Gasteiger partial charge in [0, 0.05) is 25.3 Å². The number of carbonyl (C=O) groups is 1. The Balaban J connectivity index is 1.67. The van der Waals surface area contributed by atoms with Crippen molar-refractivity contribution in [3.05, 3.63) is 46.9 Å². The molecular weight excluding hydrogens is 376 g/mol. The molecule has 138 valence electrons. The minimum Gasteiger partial charge on any atom is -0.440 e. The fourth-order valence-corrected chi connectivity index (χ4v) is 5.30. The largest absolute Gasteiger partial charge is 0.440 e. The molecule has 1 amide bonds. The van der Waals surface area contributed by atoms with Gasteiger partial charge in [-0.15, -0.1) is 0 Å². The number of aryl methyl sites for hydroxylation is 1. The van der Waals surface area contributed by atoms with Gasteiger partial charge >= 0.3 is 0 Å². The molecule has 0 aliphatic carbocycles. The summed E-state index contributed by atoms with van der Waals surface area (Å²) >= 11 is 5.77. The molecular formula is C18H19ClN2O4S. The molecule has 3 heterocycles. The molecule has 8 heteroatoms. The minimum absolute atomic E-state index is 0.164. The number of halogens is 1. The summed E-state index contributed by atoms with van der Waals surface area (Å²) in [6.45, 7) is 1.70. The summed E-state index contributed by atoms with van der Waals surface area (Å²) in [6.07, 6.45) is 3.30. The number of anilines is 1. The zero-order valence-electron chi connectivity index (χ0n) is 14.2. The molecule has 1 fully saturated rings. The van der Waals surface area contributed by atoms with Crippen LogP contribution in [0.4, 0.5) is 5.69 Å². The van der Waals surface area contributed by atoms with Gasteiger partial charge in [0.2, 0.25) is 10.0 Å². The third kappa shape index (κ3) is 3.04. The number of hydrogen-bond donors (Lipinski definition) is 0. The normalized spacial score (nSPS) is 18.1. The van der Waals surface area contributed by atoms with Gasteiger partial charge in [-0.05, 0) is 73.2 Å². The Hall–Kier alpha value is -1.83. The lowest BCUT2D eigenvalue weighted by Crippen LogP contribution is -2.35. The van der Waals surface area contributed by atoms with Crippen LogP contribution in [0.2, 0.25) is 5.22 Å². The highest BCUT2D eigenvalue weighted by atomic mass is 35.5. The summed E-state index contributed by atoms with van der Waals surface area (Å²) in [5.74, 6) is -0.0929. The summed E-state index contributed by atoms with van der Waals surface area (Å²) in [4.78, 5) is 14.6. The summed E-state index contributed by atoms with van der Waals surface area (Å²) in [7, 11) is -3.46. The Bertz CT molecular complexity index is 948. The van der Waals surface area contributed by atoms with Crippen molar-refractivity contribution >= 4 is 33.2 Å². The molecule has 0 unspecified atom stereocenters. The van der Waals surface area contributed by atoms with E-state index in [9.17, 15) is 13.2 Å². The molecule has 0 saturated carbocycles. The highest BCUT2D eigenvalue weighted by Crippen LogP contribution is 2.32. The van der Waals surface area contributed by atoms with Crippen molar-refractivity contribution in [3.63, 3.8) is 0 Å². The highest BCUT2D eigenvalue weighted by Gasteiger charge is 2.30. The summed E-state index contributed by atoms with van der Waals surface area (Å²) in [5, 5.41) is 0.164. The van der Waals surface area contributed by atoms with E-state index in [-0.39, 0.29) is 16.9 Å². The minimum atomic E-state index is -3.46. The number of fused-ring (bicyclic) bond motifs is 1. The quantitative estimate of drug-likeness (QED) is 0.800. The van der Waals surface area contributed by atoms with E-state index in [2.05, 4.69) is 0 Å². The second kappa shape index (κ2) is 6.72. The zero-order valence-corrected chi connectivity index (χ0v) is 15.7. The van der Waals surface area contributed by atoms with Crippen LogP contribution in [0.3, 0.4) is 0 Å². The van der Waals surface area contributed by atoms with Crippen LogP contribution in [0.5, 0.6) is 0 Å². The molecule has 2 aromatic rings. The van der Waals surface area contributed by atoms with Gasteiger partial charge in [0.25, 0.3) is 5.91 Å². The van der Waals surface area contributed by atoms with Crippen molar-refractivity contribution in [2.75, 3.05) is 24.5 Å². The number of hydrogen-bond acceptors (Lipinski definition) is 4. The van der Waals surface area contributed by atoms with Gasteiger partial charge in [0.05, 0.1) is 4.90 Å². The molecule has 4 rings (SSSR count). The molecule has 0 radical (unpaired) electrons. The average Bonchev–Trinajstić information content (AvgIpc) is 3.32. The van der Waals surface area contributed by atoms with Crippen LogP contribution in [-0.2, 0) is 16.4 Å². The van der Waals surface area contributed by atoms with Crippen LogP contribution in [0.25, 0.3) is 0 Å². The Labute approximate surface area is 157 Å². The predicted molar refractivity (Wildman–Crippen MR) is 98.2 cm³/mol. The lowest BCUT2D eigenvalue weighted by atomic mass is 10.0. The van der Waals surface area contributed by atoms with E-state index in [1.807, 2.05) is 0 Å². The van der Waals surface area contributed by atoms with Crippen molar-refractivity contribution in [3.8, 4) is 0 Å². The maximum atomic E-state index is 12.8. The second-order valence-corrected chi connectivity index (χ2v) is 8.88. The number of carbonyl (C=O) groups excluding carboxylic acids is 1. The van der Waals surface area contributed by atoms with Crippen LogP contribution in [0.15, 0.2) is 39.6 Å². The monoisotopic (exact) mass is 394 g/mol. The standard InChI is InChI=1S/C18H19ClN2O4S/c19-17-8-7-16(25-17)18(22)21-11-3-4-13-12-14(5-6-15(13)21)26(23,24)20-9-1-2-10-20/h5-8,12H,1-4,9-11H2. The Morgan fingerprint density at radius 1 is 1.04 bits per heavy atom. The summed E-state index contributed by atoms with van der Waals surface area (Å²) in [6, 6.07) is 8.10. The highest BCUT2D eigenvalue weighted by molar-refractivity contribution is 7.89. The Morgan fingerprint density at radius 3 is 2.50 bits per heavy atom. The number of amides is 1. The van der Waals surface area contributed by atoms with Gasteiger partial charge in [-0.2, -0.15) is 4.31 Å². The van der Waals surface area contributed by atoms with Crippen molar-refractivity contribution in [1.29, 1.82) is 0 Å². The molecule has 1 aromatic carbocycles. The second-order valence-electron chi connectivity index (χ2n) is 6.57. The van der Waals surface area contributed by atoms with E-state index in [1.54, 1.807) is 29.2 Å². The van der Waals surface area contributed by atoms with Crippen LogP contribution in [-0.4, -0.2) is 38.3 Å². The lowest BCUT2D eigenvalue weighted by Gasteiger charge is -2.29. The third-order valence-corrected chi connectivity index (χ3v) is 7.00. The molecule has 0 N–H and O–H groups in total. The average molecular weight is 395 g/mol. The molecule has 0 spiro atoms. The van der Waals surface area contributed by atoms with Crippen molar-refractivity contribution in [2.45, 2.75) is 30.6 Å². The summed E-state index contributed by atoms with van der Waals surface area (Å²) < 4.78 is 32.3. The fourth-order valence-electron chi connectivity index (χ4n) is 3.58. The summed E-state index contributed by atoms with van der Waals surface area (Å²) in [5.41, 5.74) is 1.59. The van der Waals surface area contributed by atoms with E-state index >= 15 is 0 Å². The molecule has 26 heavy (non-hydrogen) atoms. The van der Waals surface area contributed by atoms with Gasteiger partial charge < -0.3 is 9.32 Å². The van der Waals surface area contributed by atoms with Gasteiger partial charge in [-0.25, -0.2) is 8.42 Å². The third-order valence-electron chi connectivity index (χ3n) is 4.90. The molecule has 2 aliphatic heterocycles. The predicted octanol–water partition coefficient (Wildman–Crippen LogP) is 3.31. The van der Waals surface area contributed by atoms with E-state index in [4.69, 9.17) is 16.0 Å².